The van der Waals surface area contributed by atoms with Crippen LogP contribution in [0.25, 0.3) is 10.9 Å². The second-order valence-corrected chi connectivity index (χ2v) is 7.37. The normalized spacial score (nSPS) is 15.8. The quantitative estimate of drug-likeness (QED) is 0.749. The Hall–Kier alpha value is -2.11. The highest BCUT2D eigenvalue weighted by Crippen LogP contribution is 2.32. The van der Waals surface area contributed by atoms with E-state index in [4.69, 9.17) is 11.6 Å². The molecule has 0 aliphatic carbocycles. The van der Waals surface area contributed by atoms with Gasteiger partial charge in [0.1, 0.15) is 0 Å². The van der Waals surface area contributed by atoms with Crippen LogP contribution >= 0.6 is 11.6 Å². The number of pyridine rings is 1. The number of aliphatic hydroxyl groups is 1. The first-order chi connectivity index (χ1) is 12.6. The zero-order chi connectivity index (χ0) is 18.3. The predicted molar refractivity (Wildman–Crippen MR) is 105 cm³/mol. The number of rotatable bonds is 3. The molecule has 1 aliphatic heterocycles. The predicted octanol–water partition coefficient (Wildman–Crippen LogP) is 4.25. The van der Waals surface area contributed by atoms with E-state index >= 15 is 0 Å². The lowest BCUT2D eigenvalue weighted by Crippen LogP contribution is -2.22. The Morgan fingerprint density at radius 3 is 2.92 bits per heavy atom. The molecule has 1 atom stereocenters. The SMILES string of the molecule is CCC(O)c1cc2n(n1)CCCN(c1ccnc3c(C)cc(Cl)cc13)C2. The van der Waals surface area contributed by atoms with E-state index in [-0.39, 0.29) is 0 Å². The molecule has 0 bridgehead atoms. The summed E-state index contributed by atoms with van der Waals surface area (Å²) in [7, 11) is 0. The molecule has 5 nitrogen and oxygen atoms in total. The standard InChI is InChI=1S/C20H23ClN4O/c1-3-19(26)17-11-15-12-24(7-4-8-25(15)23-17)18-5-6-22-20-13(2)9-14(21)10-16(18)20/h5-6,9-11,19,26H,3-4,7-8,12H2,1-2H3. The highest BCUT2D eigenvalue weighted by molar-refractivity contribution is 6.31. The number of nitrogens with zero attached hydrogens (tertiary/aromatic N) is 4. The Balaban J connectivity index is 1.75. The molecule has 0 fully saturated rings. The highest BCUT2D eigenvalue weighted by Gasteiger charge is 2.21. The fraction of sp³-hybridized carbons (Fsp3) is 0.400. The molecule has 3 heterocycles. The summed E-state index contributed by atoms with van der Waals surface area (Å²) in [5.41, 5.74) is 5.12. The van der Waals surface area contributed by atoms with Crippen molar-refractivity contribution in [2.75, 3.05) is 11.4 Å². The maximum Gasteiger partial charge on any atom is 0.0975 e. The van der Waals surface area contributed by atoms with Crippen molar-refractivity contribution in [2.45, 2.75) is 45.9 Å². The number of anilines is 1. The number of fused-ring (bicyclic) bond motifs is 2. The van der Waals surface area contributed by atoms with Crippen LogP contribution in [0.15, 0.2) is 30.5 Å². The smallest absolute Gasteiger partial charge is 0.0975 e. The minimum Gasteiger partial charge on any atom is -0.387 e. The lowest BCUT2D eigenvalue weighted by atomic mass is 10.1. The first kappa shape index (κ1) is 17.3. The van der Waals surface area contributed by atoms with Gasteiger partial charge >= 0.3 is 0 Å². The Morgan fingerprint density at radius 1 is 1.27 bits per heavy atom. The first-order valence-corrected chi connectivity index (χ1v) is 9.49. The van der Waals surface area contributed by atoms with E-state index in [1.54, 1.807) is 0 Å². The Morgan fingerprint density at radius 2 is 2.12 bits per heavy atom. The highest BCUT2D eigenvalue weighted by atomic mass is 35.5. The van der Waals surface area contributed by atoms with E-state index in [2.05, 4.69) is 21.0 Å². The lowest BCUT2D eigenvalue weighted by molar-refractivity contribution is 0.168. The van der Waals surface area contributed by atoms with Gasteiger partial charge in [-0.2, -0.15) is 5.10 Å². The molecule has 4 rings (SSSR count). The molecule has 0 spiro atoms. The molecule has 136 valence electrons. The van der Waals surface area contributed by atoms with Crippen molar-refractivity contribution in [1.82, 2.24) is 14.8 Å². The minimum atomic E-state index is -0.494. The second kappa shape index (κ2) is 6.89. The summed E-state index contributed by atoms with van der Waals surface area (Å²) in [5.74, 6) is 0. The van der Waals surface area contributed by atoms with Crippen molar-refractivity contribution < 1.29 is 5.11 Å². The second-order valence-electron chi connectivity index (χ2n) is 6.93. The fourth-order valence-electron chi connectivity index (χ4n) is 3.71. The third-order valence-corrected chi connectivity index (χ3v) is 5.30. The van der Waals surface area contributed by atoms with Crippen LogP contribution in [0.1, 0.15) is 42.8 Å². The van der Waals surface area contributed by atoms with E-state index < -0.39 is 6.10 Å². The summed E-state index contributed by atoms with van der Waals surface area (Å²) in [6, 6.07) is 8.05. The number of benzene rings is 1. The molecular formula is C20H23ClN4O. The number of hydrogen-bond donors (Lipinski definition) is 1. The van der Waals surface area contributed by atoms with Gasteiger partial charge in [0, 0.05) is 35.4 Å². The molecule has 6 heteroatoms. The van der Waals surface area contributed by atoms with Gasteiger partial charge in [0.15, 0.2) is 0 Å². The molecule has 1 aliphatic rings. The first-order valence-electron chi connectivity index (χ1n) is 9.11. The summed E-state index contributed by atoms with van der Waals surface area (Å²) in [5, 5.41) is 16.5. The molecule has 2 aromatic heterocycles. The zero-order valence-corrected chi connectivity index (χ0v) is 15.9. The Bertz CT molecular complexity index is 952. The number of aryl methyl sites for hydroxylation is 2. The van der Waals surface area contributed by atoms with E-state index in [9.17, 15) is 5.11 Å². The summed E-state index contributed by atoms with van der Waals surface area (Å²) in [6.07, 6.45) is 3.05. The monoisotopic (exact) mass is 370 g/mol. The molecule has 0 amide bonds. The van der Waals surface area contributed by atoms with Crippen LogP contribution in [-0.2, 0) is 13.1 Å². The van der Waals surface area contributed by atoms with Crippen molar-refractivity contribution in [3.8, 4) is 0 Å². The maximum atomic E-state index is 10.1. The van der Waals surface area contributed by atoms with Gasteiger partial charge in [0.2, 0.25) is 0 Å². The Labute approximate surface area is 158 Å². The van der Waals surface area contributed by atoms with Gasteiger partial charge < -0.3 is 10.0 Å². The fourth-order valence-corrected chi connectivity index (χ4v) is 3.98. The molecule has 1 N–H and O–H groups in total. The summed E-state index contributed by atoms with van der Waals surface area (Å²) in [4.78, 5) is 6.91. The number of halogens is 1. The van der Waals surface area contributed by atoms with Crippen LogP contribution < -0.4 is 4.90 Å². The van der Waals surface area contributed by atoms with Gasteiger partial charge in [-0.3, -0.25) is 9.67 Å². The van der Waals surface area contributed by atoms with Gasteiger partial charge in [-0.1, -0.05) is 18.5 Å². The van der Waals surface area contributed by atoms with Gasteiger partial charge in [-0.15, -0.1) is 0 Å². The van der Waals surface area contributed by atoms with Gasteiger partial charge in [-0.05, 0) is 49.6 Å². The van der Waals surface area contributed by atoms with Crippen LogP contribution in [-0.4, -0.2) is 26.4 Å². The van der Waals surface area contributed by atoms with Crippen molar-refractivity contribution in [2.24, 2.45) is 0 Å². The van der Waals surface area contributed by atoms with Gasteiger partial charge in [-0.25, -0.2) is 0 Å². The topological polar surface area (TPSA) is 54.2 Å². The minimum absolute atomic E-state index is 0.494. The van der Waals surface area contributed by atoms with Crippen molar-refractivity contribution >= 4 is 28.2 Å². The largest absolute Gasteiger partial charge is 0.387 e. The van der Waals surface area contributed by atoms with Gasteiger partial charge in [0.05, 0.1) is 29.6 Å². The van der Waals surface area contributed by atoms with E-state index in [1.165, 1.54) is 0 Å². The summed E-state index contributed by atoms with van der Waals surface area (Å²) < 4.78 is 2.04. The molecule has 26 heavy (non-hydrogen) atoms. The van der Waals surface area contributed by atoms with Crippen LogP contribution in [0.4, 0.5) is 5.69 Å². The van der Waals surface area contributed by atoms with Crippen molar-refractivity contribution in [3.05, 3.63) is 52.4 Å². The van der Waals surface area contributed by atoms with Crippen molar-refractivity contribution in [3.63, 3.8) is 0 Å². The summed E-state index contributed by atoms with van der Waals surface area (Å²) in [6.45, 7) is 6.58. The van der Waals surface area contributed by atoms with Crippen LogP contribution in [0, 0.1) is 6.92 Å². The van der Waals surface area contributed by atoms with Crippen molar-refractivity contribution in [1.29, 1.82) is 0 Å². The maximum absolute atomic E-state index is 10.1. The number of hydrogen-bond acceptors (Lipinski definition) is 4. The number of aromatic nitrogens is 3. The third kappa shape index (κ3) is 3.06. The van der Waals surface area contributed by atoms with Gasteiger partial charge in [0.25, 0.3) is 0 Å². The Kier molecular flexibility index (Phi) is 4.59. The average Bonchev–Trinajstić information content (AvgIpc) is 2.92. The molecule has 0 saturated carbocycles. The molecule has 1 aromatic carbocycles. The van der Waals surface area contributed by atoms with Crippen LogP contribution in [0.3, 0.4) is 0 Å². The molecule has 0 saturated heterocycles. The van der Waals surface area contributed by atoms with Crippen LogP contribution in [0.5, 0.6) is 0 Å². The third-order valence-electron chi connectivity index (χ3n) is 5.08. The average molecular weight is 371 g/mol. The zero-order valence-electron chi connectivity index (χ0n) is 15.1. The molecular weight excluding hydrogens is 348 g/mol. The van der Waals surface area contributed by atoms with E-state index in [1.807, 2.05) is 42.9 Å². The summed E-state index contributed by atoms with van der Waals surface area (Å²) >= 11 is 6.31. The van der Waals surface area contributed by atoms with E-state index in [0.29, 0.717) is 6.42 Å². The van der Waals surface area contributed by atoms with Crippen LogP contribution in [0.2, 0.25) is 5.02 Å². The molecule has 0 radical (unpaired) electrons. The lowest BCUT2D eigenvalue weighted by Gasteiger charge is -2.24. The molecule has 1 unspecified atom stereocenters. The van der Waals surface area contributed by atoms with E-state index in [0.717, 1.165) is 64.6 Å². The molecule has 3 aromatic rings. The number of aliphatic hydroxyl groups excluding tert-OH is 1.